The monoisotopic (exact) mass is 242 g/mol. The Morgan fingerprint density at radius 1 is 1.33 bits per heavy atom. The summed E-state index contributed by atoms with van der Waals surface area (Å²) in [6, 6.07) is 7.78. The summed E-state index contributed by atoms with van der Waals surface area (Å²) in [5, 5.41) is 14.4. The van der Waals surface area contributed by atoms with Crippen LogP contribution >= 0.6 is 0 Å². The number of piperidine rings is 1. The molecule has 0 aliphatic carbocycles. The Kier molecular flexibility index (Phi) is 3.15. The summed E-state index contributed by atoms with van der Waals surface area (Å²) in [5.41, 5.74) is 2.02. The van der Waals surface area contributed by atoms with Crippen LogP contribution in [0.25, 0.3) is 10.9 Å². The molecule has 3 nitrogen and oxygen atoms in total. The van der Waals surface area contributed by atoms with E-state index in [2.05, 4.69) is 10.3 Å². The second-order valence-electron chi connectivity index (χ2n) is 5.06. The van der Waals surface area contributed by atoms with E-state index in [4.69, 9.17) is 0 Å². The average Bonchev–Trinajstić information content (AvgIpc) is 2.44. The lowest BCUT2D eigenvalue weighted by Gasteiger charge is -2.23. The van der Waals surface area contributed by atoms with Crippen LogP contribution in [0.2, 0.25) is 0 Å². The van der Waals surface area contributed by atoms with Crippen LogP contribution < -0.4 is 5.32 Å². The van der Waals surface area contributed by atoms with Crippen LogP contribution in [-0.2, 0) is 6.42 Å². The Bertz CT molecular complexity index is 547. The van der Waals surface area contributed by atoms with E-state index in [-0.39, 0.29) is 5.75 Å². The van der Waals surface area contributed by atoms with Crippen molar-refractivity contribution in [3.8, 4) is 5.75 Å². The molecule has 2 heterocycles. The number of nitrogens with zero attached hydrogens (tertiary/aromatic N) is 1. The van der Waals surface area contributed by atoms with Gasteiger partial charge in [0.2, 0.25) is 0 Å². The zero-order chi connectivity index (χ0) is 12.4. The fraction of sp³-hybridized carbons (Fsp3) is 0.400. The molecule has 1 aromatic heterocycles. The van der Waals surface area contributed by atoms with Crippen molar-refractivity contribution in [3.63, 3.8) is 0 Å². The number of benzene rings is 1. The quantitative estimate of drug-likeness (QED) is 0.850. The molecule has 0 spiro atoms. The van der Waals surface area contributed by atoms with E-state index in [0.29, 0.717) is 5.92 Å². The molecular formula is C15H18N2O. The number of phenolic OH excluding ortho intramolecular Hbond substituents is 1. The molecule has 3 rings (SSSR count). The maximum atomic E-state index is 9.83. The standard InChI is InChI=1S/C15H18N2O/c18-14-6-5-12(9-11-3-1-7-16-10-11)13-4-2-8-17-15(13)14/h2,4-6,8,11,16,18H,1,3,7,9-10H2. The first-order valence-corrected chi connectivity index (χ1v) is 6.61. The number of hydrogen-bond donors (Lipinski definition) is 2. The third kappa shape index (κ3) is 2.18. The van der Waals surface area contributed by atoms with Gasteiger partial charge in [-0.2, -0.15) is 0 Å². The molecule has 94 valence electrons. The highest BCUT2D eigenvalue weighted by molar-refractivity contribution is 5.87. The lowest BCUT2D eigenvalue weighted by Crippen LogP contribution is -2.30. The van der Waals surface area contributed by atoms with Crippen molar-refractivity contribution in [2.75, 3.05) is 13.1 Å². The van der Waals surface area contributed by atoms with Crippen molar-refractivity contribution in [2.24, 2.45) is 5.92 Å². The Balaban J connectivity index is 1.94. The molecular weight excluding hydrogens is 224 g/mol. The first kappa shape index (κ1) is 11.5. The highest BCUT2D eigenvalue weighted by Gasteiger charge is 2.15. The Labute approximate surface area is 107 Å². The van der Waals surface area contributed by atoms with Crippen LogP contribution in [0.5, 0.6) is 5.75 Å². The SMILES string of the molecule is Oc1ccc(CC2CCCNC2)c2cccnc12. The Morgan fingerprint density at radius 2 is 2.28 bits per heavy atom. The molecule has 1 atom stereocenters. The normalized spacial score (nSPS) is 20.1. The minimum atomic E-state index is 0.274. The second kappa shape index (κ2) is 4.94. The smallest absolute Gasteiger partial charge is 0.141 e. The number of aromatic nitrogens is 1. The first-order valence-electron chi connectivity index (χ1n) is 6.61. The van der Waals surface area contributed by atoms with Gasteiger partial charge < -0.3 is 10.4 Å². The number of rotatable bonds is 2. The second-order valence-corrected chi connectivity index (χ2v) is 5.06. The maximum Gasteiger partial charge on any atom is 0.141 e. The molecule has 1 aliphatic rings. The van der Waals surface area contributed by atoms with Gasteiger partial charge in [0.1, 0.15) is 11.3 Å². The summed E-state index contributed by atoms with van der Waals surface area (Å²) in [7, 11) is 0. The number of aromatic hydroxyl groups is 1. The van der Waals surface area contributed by atoms with Crippen molar-refractivity contribution in [1.82, 2.24) is 10.3 Å². The maximum absolute atomic E-state index is 9.83. The topological polar surface area (TPSA) is 45.1 Å². The highest BCUT2D eigenvalue weighted by Crippen LogP contribution is 2.28. The van der Waals surface area contributed by atoms with Gasteiger partial charge in [0.15, 0.2) is 0 Å². The third-order valence-corrected chi connectivity index (χ3v) is 3.75. The van der Waals surface area contributed by atoms with E-state index in [1.807, 2.05) is 18.2 Å². The summed E-state index contributed by atoms with van der Waals surface area (Å²) in [4.78, 5) is 4.27. The van der Waals surface area contributed by atoms with Gasteiger partial charge in [-0.15, -0.1) is 0 Å². The van der Waals surface area contributed by atoms with E-state index in [9.17, 15) is 5.11 Å². The van der Waals surface area contributed by atoms with Gasteiger partial charge in [0.05, 0.1) is 0 Å². The van der Waals surface area contributed by atoms with Gasteiger partial charge >= 0.3 is 0 Å². The lowest BCUT2D eigenvalue weighted by molar-refractivity contribution is 0.376. The van der Waals surface area contributed by atoms with Gasteiger partial charge in [-0.1, -0.05) is 12.1 Å². The number of phenols is 1. The largest absolute Gasteiger partial charge is 0.506 e. The molecule has 1 saturated heterocycles. The van der Waals surface area contributed by atoms with E-state index in [1.165, 1.54) is 18.4 Å². The fourth-order valence-electron chi connectivity index (χ4n) is 2.80. The molecule has 1 fully saturated rings. The van der Waals surface area contributed by atoms with Gasteiger partial charge in [0, 0.05) is 11.6 Å². The number of pyridine rings is 1. The summed E-state index contributed by atoms with van der Waals surface area (Å²) in [6.07, 6.45) is 5.35. The first-order chi connectivity index (χ1) is 8.84. The van der Waals surface area contributed by atoms with Crippen molar-refractivity contribution < 1.29 is 5.11 Å². The fourth-order valence-corrected chi connectivity index (χ4v) is 2.80. The summed E-state index contributed by atoms with van der Waals surface area (Å²) < 4.78 is 0. The molecule has 2 N–H and O–H groups in total. The zero-order valence-corrected chi connectivity index (χ0v) is 10.4. The van der Waals surface area contributed by atoms with Crippen LogP contribution in [0, 0.1) is 5.92 Å². The van der Waals surface area contributed by atoms with Gasteiger partial charge in [-0.05, 0) is 56.0 Å². The predicted molar refractivity (Wildman–Crippen MR) is 72.7 cm³/mol. The zero-order valence-electron chi connectivity index (χ0n) is 10.4. The van der Waals surface area contributed by atoms with Crippen LogP contribution in [0.1, 0.15) is 18.4 Å². The number of nitrogens with one attached hydrogen (secondary N) is 1. The number of hydrogen-bond acceptors (Lipinski definition) is 3. The van der Waals surface area contributed by atoms with Gasteiger partial charge in [-0.3, -0.25) is 4.98 Å². The van der Waals surface area contributed by atoms with Crippen LogP contribution in [0.4, 0.5) is 0 Å². The van der Waals surface area contributed by atoms with E-state index in [1.54, 1.807) is 12.3 Å². The molecule has 0 saturated carbocycles. The van der Waals surface area contributed by atoms with Crippen molar-refractivity contribution in [2.45, 2.75) is 19.3 Å². The molecule has 1 aromatic carbocycles. The Morgan fingerprint density at radius 3 is 3.11 bits per heavy atom. The Hall–Kier alpha value is -1.61. The van der Waals surface area contributed by atoms with Gasteiger partial charge in [0.25, 0.3) is 0 Å². The lowest BCUT2D eigenvalue weighted by atomic mass is 9.90. The van der Waals surface area contributed by atoms with E-state index in [0.717, 1.165) is 30.4 Å². The van der Waals surface area contributed by atoms with Crippen LogP contribution in [0.3, 0.4) is 0 Å². The summed E-state index contributed by atoms with van der Waals surface area (Å²) in [6.45, 7) is 2.25. The van der Waals surface area contributed by atoms with Gasteiger partial charge in [-0.25, -0.2) is 0 Å². The van der Waals surface area contributed by atoms with Crippen LogP contribution in [0.15, 0.2) is 30.5 Å². The molecule has 3 heteroatoms. The molecule has 1 unspecified atom stereocenters. The van der Waals surface area contributed by atoms with E-state index >= 15 is 0 Å². The minimum Gasteiger partial charge on any atom is -0.506 e. The van der Waals surface area contributed by atoms with Crippen molar-refractivity contribution in [3.05, 3.63) is 36.0 Å². The predicted octanol–water partition coefficient (Wildman–Crippen LogP) is 2.48. The highest BCUT2D eigenvalue weighted by atomic mass is 16.3. The van der Waals surface area contributed by atoms with Crippen LogP contribution in [-0.4, -0.2) is 23.2 Å². The molecule has 1 aliphatic heterocycles. The molecule has 2 aromatic rings. The van der Waals surface area contributed by atoms with Crippen molar-refractivity contribution in [1.29, 1.82) is 0 Å². The molecule has 18 heavy (non-hydrogen) atoms. The molecule has 0 amide bonds. The third-order valence-electron chi connectivity index (χ3n) is 3.75. The minimum absolute atomic E-state index is 0.274. The molecule has 0 bridgehead atoms. The summed E-state index contributed by atoms with van der Waals surface area (Å²) >= 11 is 0. The average molecular weight is 242 g/mol. The molecule has 0 radical (unpaired) electrons. The van der Waals surface area contributed by atoms with E-state index < -0.39 is 0 Å². The summed E-state index contributed by atoms with van der Waals surface area (Å²) in [5.74, 6) is 0.975. The van der Waals surface area contributed by atoms with Crippen molar-refractivity contribution >= 4 is 10.9 Å². The number of fused-ring (bicyclic) bond motifs is 1.